The summed E-state index contributed by atoms with van der Waals surface area (Å²) in [7, 11) is 1.48. The number of hydrogen-bond acceptors (Lipinski definition) is 3. The number of hydrogen-bond donors (Lipinski definition) is 0. The maximum atomic E-state index is 13.0. The minimum absolute atomic E-state index is 0.290. The van der Waals surface area contributed by atoms with Crippen molar-refractivity contribution in [2.45, 2.75) is 58.3 Å². The van der Waals surface area contributed by atoms with Gasteiger partial charge in [-0.15, -0.1) is 0 Å². The number of fused-ring (bicyclic) bond motifs is 1. The van der Waals surface area contributed by atoms with Crippen LogP contribution in [0.25, 0.3) is 0 Å². The van der Waals surface area contributed by atoms with E-state index in [0.29, 0.717) is 24.4 Å². The number of piperazine rings is 1. The number of rotatable bonds is 3. The van der Waals surface area contributed by atoms with Crippen molar-refractivity contribution >= 4 is 23.3 Å². The van der Waals surface area contributed by atoms with E-state index in [1.165, 1.54) is 16.8 Å². The molecule has 2 rings (SSSR count). The first-order chi connectivity index (χ1) is 11.1. The summed E-state index contributed by atoms with van der Waals surface area (Å²) in [4.78, 5) is 19.6. The third kappa shape index (κ3) is 3.61. The van der Waals surface area contributed by atoms with Crippen LogP contribution in [0.1, 0.15) is 40.0 Å². The van der Waals surface area contributed by atoms with E-state index in [1.54, 1.807) is 13.8 Å². The number of aliphatic imine (C=N–C) groups is 1. The molecule has 0 aromatic heterocycles. The Morgan fingerprint density at radius 3 is 2.54 bits per heavy atom. The van der Waals surface area contributed by atoms with Crippen molar-refractivity contribution in [1.29, 1.82) is 0 Å². The SMILES string of the molecule is CCC1=C(Cl)N=C2C(=CC1)N(C)C(=O)C(CC(F)(F)F)N2C(C)C. The second-order valence-electron chi connectivity index (χ2n) is 6.21. The van der Waals surface area contributed by atoms with Crippen molar-refractivity contribution in [3.8, 4) is 0 Å². The van der Waals surface area contributed by atoms with E-state index in [2.05, 4.69) is 4.99 Å². The smallest absolute Gasteiger partial charge is 0.340 e. The highest BCUT2D eigenvalue weighted by atomic mass is 35.5. The Labute approximate surface area is 144 Å². The van der Waals surface area contributed by atoms with Gasteiger partial charge in [0.15, 0.2) is 5.84 Å². The first-order valence-corrected chi connectivity index (χ1v) is 8.24. The largest absolute Gasteiger partial charge is 0.391 e. The highest BCUT2D eigenvalue weighted by Crippen LogP contribution is 2.34. The van der Waals surface area contributed by atoms with Crippen molar-refractivity contribution in [3.63, 3.8) is 0 Å². The Hall–Kier alpha value is -1.50. The molecule has 0 N–H and O–H groups in total. The molecule has 0 radical (unpaired) electrons. The van der Waals surface area contributed by atoms with Gasteiger partial charge < -0.3 is 9.80 Å². The molecule has 1 saturated heterocycles. The summed E-state index contributed by atoms with van der Waals surface area (Å²) >= 11 is 6.25. The van der Waals surface area contributed by atoms with Crippen LogP contribution in [0.2, 0.25) is 0 Å². The zero-order chi connectivity index (χ0) is 18.2. The van der Waals surface area contributed by atoms with E-state index in [-0.39, 0.29) is 11.2 Å². The topological polar surface area (TPSA) is 35.9 Å². The lowest BCUT2D eigenvalue weighted by Gasteiger charge is -2.44. The number of alkyl halides is 3. The molecule has 0 saturated carbocycles. The summed E-state index contributed by atoms with van der Waals surface area (Å²) in [6.45, 7) is 5.42. The molecule has 1 amide bonds. The second kappa shape index (κ2) is 6.78. The Morgan fingerprint density at radius 1 is 1.42 bits per heavy atom. The van der Waals surface area contributed by atoms with E-state index >= 15 is 0 Å². The molecule has 0 aliphatic carbocycles. The number of allylic oxidation sites excluding steroid dienone is 2. The summed E-state index contributed by atoms with van der Waals surface area (Å²) < 4.78 is 39.0. The van der Waals surface area contributed by atoms with Crippen molar-refractivity contribution in [3.05, 3.63) is 22.5 Å². The zero-order valence-corrected chi connectivity index (χ0v) is 14.9. The normalized spacial score (nSPS) is 22.5. The van der Waals surface area contributed by atoms with Crippen LogP contribution in [-0.4, -0.2) is 46.9 Å². The Morgan fingerprint density at radius 2 is 2.04 bits per heavy atom. The summed E-state index contributed by atoms with van der Waals surface area (Å²) in [5, 5.41) is 0.290. The molecule has 1 unspecified atom stereocenters. The van der Waals surface area contributed by atoms with Crippen LogP contribution < -0.4 is 0 Å². The quantitative estimate of drug-likeness (QED) is 0.709. The fourth-order valence-corrected chi connectivity index (χ4v) is 3.30. The van der Waals surface area contributed by atoms with Gasteiger partial charge in [0.1, 0.15) is 11.2 Å². The van der Waals surface area contributed by atoms with Crippen LogP contribution in [0, 0.1) is 0 Å². The van der Waals surface area contributed by atoms with Crippen molar-refractivity contribution in [2.24, 2.45) is 4.99 Å². The molecule has 2 aliphatic rings. The predicted octanol–water partition coefficient (Wildman–Crippen LogP) is 4.04. The van der Waals surface area contributed by atoms with E-state index < -0.39 is 24.5 Å². The van der Waals surface area contributed by atoms with Crippen molar-refractivity contribution in [1.82, 2.24) is 9.80 Å². The van der Waals surface area contributed by atoms with Crippen LogP contribution >= 0.6 is 11.6 Å². The van der Waals surface area contributed by atoms with Gasteiger partial charge in [-0.3, -0.25) is 4.79 Å². The molecule has 24 heavy (non-hydrogen) atoms. The lowest BCUT2D eigenvalue weighted by molar-refractivity contribution is -0.160. The molecule has 2 aliphatic heterocycles. The van der Waals surface area contributed by atoms with Gasteiger partial charge >= 0.3 is 6.18 Å². The van der Waals surface area contributed by atoms with Crippen molar-refractivity contribution < 1.29 is 18.0 Å². The molecule has 4 nitrogen and oxygen atoms in total. The number of nitrogens with zero attached hydrogens (tertiary/aromatic N) is 3. The standard InChI is InChI=1S/C16H21ClF3N3O/c1-5-10-6-7-11-14(21-13(10)17)23(9(2)3)12(8-16(18,19)20)15(24)22(11)4/h7,9,12H,5-6,8H2,1-4H3. The number of likely N-dealkylation sites (N-methyl/N-ethyl adjacent to an activating group) is 1. The minimum Gasteiger partial charge on any atom is -0.340 e. The number of halogens is 4. The number of carbonyl (C=O) groups excluding carboxylic acids is 1. The van der Waals surface area contributed by atoms with Gasteiger partial charge in [-0.25, -0.2) is 4.99 Å². The van der Waals surface area contributed by atoms with Gasteiger partial charge in [0.2, 0.25) is 5.91 Å². The fraction of sp³-hybridized carbons (Fsp3) is 0.625. The first kappa shape index (κ1) is 18.8. The minimum atomic E-state index is -4.45. The van der Waals surface area contributed by atoms with Gasteiger partial charge in [0.05, 0.1) is 12.1 Å². The molecule has 8 heteroatoms. The molecule has 2 heterocycles. The molecule has 0 bridgehead atoms. The van der Waals surface area contributed by atoms with Crippen LogP contribution in [0.4, 0.5) is 13.2 Å². The highest BCUT2D eigenvalue weighted by molar-refractivity contribution is 6.31. The maximum Gasteiger partial charge on any atom is 0.391 e. The number of amidine groups is 1. The Kier molecular flexibility index (Phi) is 5.32. The summed E-state index contributed by atoms with van der Waals surface area (Å²) in [6.07, 6.45) is -2.66. The average Bonchev–Trinajstić information content (AvgIpc) is 2.61. The number of amides is 1. The summed E-state index contributed by atoms with van der Waals surface area (Å²) in [5.41, 5.74) is 1.40. The van der Waals surface area contributed by atoms with E-state index in [4.69, 9.17) is 11.6 Å². The number of carbonyl (C=O) groups is 1. The molecule has 0 aromatic carbocycles. The van der Waals surface area contributed by atoms with Crippen LogP contribution in [0.5, 0.6) is 0 Å². The summed E-state index contributed by atoms with van der Waals surface area (Å²) in [6, 6.07) is -1.66. The van der Waals surface area contributed by atoms with E-state index in [0.717, 1.165) is 5.57 Å². The molecule has 134 valence electrons. The van der Waals surface area contributed by atoms with Crippen LogP contribution in [-0.2, 0) is 4.79 Å². The van der Waals surface area contributed by atoms with Crippen LogP contribution in [0.3, 0.4) is 0 Å². The molecule has 1 atom stereocenters. The highest BCUT2D eigenvalue weighted by Gasteiger charge is 2.46. The molecular weight excluding hydrogens is 343 g/mol. The van der Waals surface area contributed by atoms with Gasteiger partial charge in [0.25, 0.3) is 0 Å². The summed E-state index contributed by atoms with van der Waals surface area (Å²) in [5.74, 6) is -0.253. The van der Waals surface area contributed by atoms with Gasteiger partial charge in [0, 0.05) is 13.1 Å². The average molecular weight is 364 g/mol. The fourth-order valence-electron chi connectivity index (χ4n) is 3.01. The third-order valence-electron chi connectivity index (χ3n) is 4.23. The van der Waals surface area contributed by atoms with Gasteiger partial charge in [-0.05, 0) is 32.3 Å². The molecule has 0 spiro atoms. The predicted molar refractivity (Wildman–Crippen MR) is 87.5 cm³/mol. The molecule has 0 aromatic rings. The van der Waals surface area contributed by atoms with E-state index in [1.807, 2.05) is 13.0 Å². The molecular formula is C16H21ClF3N3O. The van der Waals surface area contributed by atoms with Crippen LogP contribution in [0.15, 0.2) is 27.5 Å². The lowest BCUT2D eigenvalue weighted by Crippen LogP contribution is -2.60. The van der Waals surface area contributed by atoms with Gasteiger partial charge in [-0.1, -0.05) is 24.6 Å². The maximum absolute atomic E-state index is 13.0. The zero-order valence-electron chi connectivity index (χ0n) is 14.1. The lowest BCUT2D eigenvalue weighted by atomic mass is 10.0. The first-order valence-electron chi connectivity index (χ1n) is 7.86. The Bertz CT molecular complexity index is 623. The second-order valence-corrected chi connectivity index (χ2v) is 6.57. The third-order valence-corrected chi connectivity index (χ3v) is 4.58. The van der Waals surface area contributed by atoms with E-state index in [9.17, 15) is 18.0 Å². The van der Waals surface area contributed by atoms with Crippen molar-refractivity contribution in [2.75, 3.05) is 7.05 Å². The Balaban J connectivity index is 2.57. The monoisotopic (exact) mass is 363 g/mol. The molecule has 1 fully saturated rings. The van der Waals surface area contributed by atoms with Gasteiger partial charge in [-0.2, -0.15) is 13.2 Å².